The molecule has 0 radical (unpaired) electrons. The van der Waals surface area contributed by atoms with Crippen molar-refractivity contribution in [3.05, 3.63) is 11.6 Å². The fraction of sp³-hybridized carbons (Fsp3) is 0.882. The number of rotatable bonds is 6. The molecule has 2 aliphatic rings. The number of nitrogens with zero attached hydrogens (tertiary/aromatic N) is 1. The minimum atomic E-state index is 0.782. The van der Waals surface area contributed by atoms with Crippen molar-refractivity contribution in [2.75, 3.05) is 26.2 Å². The first-order valence-electron chi connectivity index (χ1n) is 8.33. The molecule has 1 aliphatic heterocycles. The summed E-state index contributed by atoms with van der Waals surface area (Å²) in [6, 6.07) is 0.782. The van der Waals surface area contributed by atoms with Gasteiger partial charge in [0.15, 0.2) is 0 Å². The molecule has 0 aromatic carbocycles. The molecule has 0 atom stereocenters. The average Bonchev–Trinajstić information content (AvgIpc) is 2.91. The Morgan fingerprint density at radius 3 is 2.42 bits per heavy atom. The average molecular weight is 264 g/mol. The standard InChI is InChI=1S/C17H32N2/c1-15(2)8-12-19-13-9-17(10-14-19)18-11-7-16-5-3-4-6-16/h8,16-18H,3-7,9-14H2,1-2H3. The predicted molar refractivity (Wildman–Crippen MR) is 83.5 cm³/mol. The lowest BCUT2D eigenvalue weighted by atomic mass is 10.0. The molecule has 0 aromatic heterocycles. The van der Waals surface area contributed by atoms with Crippen molar-refractivity contribution >= 4 is 0 Å². The second-order valence-electron chi connectivity index (χ2n) is 6.75. The van der Waals surface area contributed by atoms with E-state index in [1.807, 2.05) is 0 Å². The lowest BCUT2D eigenvalue weighted by molar-refractivity contribution is 0.213. The largest absolute Gasteiger partial charge is 0.314 e. The molecule has 1 N–H and O–H groups in total. The molecular formula is C17H32N2. The first-order valence-corrected chi connectivity index (χ1v) is 8.33. The van der Waals surface area contributed by atoms with E-state index >= 15 is 0 Å². The highest BCUT2D eigenvalue weighted by Gasteiger charge is 2.19. The summed E-state index contributed by atoms with van der Waals surface area (Å²) >= 11 is 0. The monoisotopic (exact) mass is 264 g/mol. The van der Waals surface area contributed by atoms with Gasteiger partial charge in [0.1, 0.15) is 0 Å². The molecule has 1 heterocycles. The first-order chi connectivity index (χ1) is 9.24. The fourth-order valence-electron chi connectivity index (χ4n) is 3.42. The Bertz CT molecular complexity index is 267. The molecule has 0 amide bonds. The third-order valence-electron chi connectivity index (χ3n) is 4.81. The van der Waals surface area contributed by atoms with Crippen molar-refractivity contribution in [3.8, 4) is 0 Å². The third kappa shape index (κ3) is 5.66. The van der Waals surface area contributed by atoms with Crippen LogP contribution >= 0.6 is 0 Å². The van der Waals surface area contributed by atoms with Gasteiger partial charge < -0.3 is 5.32 Å². The van der Waals surface area contributed by atoms with Crippen LogP contribution in [0.5, 0.6) is 0 Å². The molecule has 110 valence electrons. The van der Waals surface area contributed by atoms with E-state index in [9.17, 15) is 0 Å². The maximum atomic E-state index is 3.79. The van der Waals surface area contributed by atoms with E-state index in [0.717, 1.165) is 18.5 Å². The maximum absolute atomic E-state index is 3.79. The Balaban J connectivity index is 1.54. The number of allylic oxidation sites excluding steroid dienone is 1. The molecule has 0 spiro atoms. The summed E-state index contributed by atoms with van der Waals surface area (Å²) in [6.07, 6.45) is 12.4. The zero-order valence-corrected chi connectivity index (χ0v) is 13.0. The van der Waals surface area contributed by atoms with Gasteiger partial charge in [-0.05, 0) is 58.7 Å². The van der Waals surface area contributed by atoms with Crippen LogP contribution in [-0.4, -0.2) is 37.1 Å². The van der Waals surface area contributed by atoms with E-state index in [1.165, 1.54) is 70.2 Å². The molecule has 2 fully saturated rings. The second-order valence-corrected chi connectivity index (χ2v) is 6.75. The summed E-state index contributed by atoms with van der Waals surface area (Å²) in [7, 11) is 0. The summed E-state index contributed by atoms with van der Waals surface area (Å²) in [4.78, 5) is 2.59. The Labute approximate surface area is 119 Å². The van der Waals surface area contributed by atoms with Crippen LogP contribution in [0.1, 0.15) is 58.8 Å². The zero-order valence-electron chi connectivity index (χ0n) is 13.0. The van der Waals surface area contributed by atoms with Crippen LogP contribution in [0.25, 0.3) is 0 Å². The molecule has 2 rings (SSSR count). The lowest BCUT2D eigenvalue weighted by Crippen LogP contribution is -2.43. The summed E-state index contributed by atoms with van der Waals surface area (Å²) in [5.74, 6) is 1.03. The van der Waals surface area contributed by atoms with Crippen molar-refractivity contribution in [3.63, 3.8) is 0 Å². The van der Waals surface area contributed by atoms with Crippen LogP contribution in [0.2, 0.25) is 0 Å². The van der Waals surface area contributed by atoms with Gasteiger partial charge in [-0.1, -0.05) is 37.3 Å². The molecule has 0 bridgehead atoms. The highest BCUT2D eigenvalue weighted by molar-refractivity contribution is 4.95. The summed E-state index contributed by atoms with van der Waals surface area (Å²) < 4.78 is 0. The van der Waals surface area contributed by atoms with Crippen molar-refractivity contribution in [1.29, 1.82) is 0 Å². The van der Waals surface area contributed by atoms with E-state index in [4.69, 9.17) is 0 Å². The first kappa shape index (κ1) is 15.1. The zero-order chi connectivity index (χ0) is 13.5. The Morgan fingerprint density at radius 2 is 1.79 bits per heavy atom. The van der Waals surface area contributed by atoms with Gasteiger partial charge in [-0.2, -0.15) is 0 Å². The highest BCUT2D eigenvalue weighted by atomic mass is 15.1. The van der Waals surface area contributed by atoms with Crippen LogP contribution < -0.4 is 5.32 Å². The smallest absolute Gasteiger partial charge is 0.0165 e. The van der Waals surface area contributed by atoms with Crippen molar-refractivity contribution in [2.45, 2.75) is 64.8 Å². The topological polar surface area (TPSA) is 15.3 Å². The van der Waals surface area contributed by atoms with Gasteiger partial charge in [0.25, 0.3) is 0 Å². The van der Waals surface area contributed by atoms with Gasteiger partial charge in [-0.15, -0.1) is 0 Å². The molecule has 19 heavy (non-hydrogen) atoms. The molecule has 0 aromatic rings. The van der Waals surface area contributed by atoms with Gasteiger partial charge in [-0.3, -0.25) is 4.90 Å². The second kappa shape index (κ2) is 8.06. The van der Waals surface area contributed by atoms with Gasteiger partial charge in [0, 0.05) is 12.6 Å². The molecule has 2 heteroatoms. The Hall–Kier alpha value is -0.340. The molecule has 2 nitrogen and oxygen atoms in total. The third-order valence-corrected chi connectivity index (χ3v) is 4.81. The molecule has 1 saturated carbocycles. The van der Waals surface area contributed by atoms with Crippen molar-refractivity contribution in [2.24, 2.45) is 5.92 Å². The quantitative estimate of drug-likeness (QED) is 0.738. The fourth-order valence-corrected chi connectivity index (χ4v) is 3.42. The van der Waals surface area contributed by atoms with Crippen molar-refractivity contribution in [1.82, 2.24) is 10.2 Å². The van der Waals surface area contributed by atoms with E-state index in [1.54, 1.807) is 0 Å². The molecule has 1 aliphatic carbocycles. The summed E-state index contributed by atoms with van der Waals surface area (Å²) in [5, 5.41) is 3.79. The van der Waals surface area contributed by atoms with Crippen LogP contribution in [-0.2, 0) is 0 Å². The highest BCUT2D eigenvalue weighted by Crippen LogP contribution is 2.27. The minimum Gasteiger partial charge on any atom is -0.314 e. The van der Waals surface area contributed by atoms with Crippen LogP contribution in [0.15, 0.2) is 11.6 Å². The normalized spacial score (nSPS) is 22.8. The molecular weight excluding hydrogens is 232 g/mol. The number of piperidine rings is 1. The van der Waals surface area contributed by atoms with E-state index < -0.39 is 0 Å². The maximum Gasteiger partial charge on any atom is 0.0165 e. The van der Waals surface area contributed by atoms with E-state index in [2.05, 4.69) is 30.1 Å². The number of hydrogen-bond acceptors (Lipinski definition) is 2. The van der Waals surface area contributed by atoms with Crippen LogP contribution in [0.4, 0.5) is 0 Å². The Kier molecular flexibility index (Phi) is 6.39. The number of hydrogen-bond donors (Lipinski definition) is 1. The number of nitrogens with one attached hydrogen (secondary N) is 1. The predicted octanol–water partition coefficient (Wildman–Crippen LogP) is 3.59. The minimum absolute atomic E-state index is 0.782. The lowest BCUT2D eigenvalue weighted by Gasteiger charge is -2.32. The molecule has 1 saturated heterocycles. The van der Waals surface area contributed by atoms with Crippen LogP contribution in [0.3, 0.4) is 0 Å². The van der Waals surface area contributed by atoms with Crippen molar-refractivity contribution < 1.29 is 0 Å². The van der Waals surface area contributed by atoms with Gasteiger partial charge >= 0.3 is 0 Å². The van der Waals surface area contributed by atoms with Gasteiger partial charge in [-0.25, -0.2) is 0 Å². The van der Waals surface area contributed by atoms with E-state index in [0.29, 0.717) is 0 Å². The van der Waals surface area contributed by atoms with Gasteiger partial charge in [0.05, 0.1) is 0 Å². The summed E-state index contributed by atoms with van der Waals surface area (Å²) in [5.41, 5.74) is 1.44. The Morgan fingerprint density at radius 1 is 1.11 bits per heavy atom. The summed E-state index contributed by atoms with van der Waals surface area (Å²) in [6.45, 7) is 9.32. The number of likely N-dealkylation sites (tertiary alicyclic amines) is 1. The van der Waals surface area contributed by atoms with Gasteiger partial charge in [0.2, 0.25) is 0 Å². The van der Waals surface area contributed by atoms with Crippen LogP contribution in [0, 0.1) is 5.92 Å². The van der Waals surface area contributed by atoms with E-state index in [-0.39, 0.29) is 0 Å². The molecule has 0 unspecified atom stereocenters. The SMILES string of the molecule is CC(C)=CCN1CCC(NCCC2CCCC2)CC1.